The summed E-state index contributed by atoms with van der Waals surface area (Å²) in [6.07, 6.45) is 3.32. The molecule has 0 aliphatic carbocycles. The van der Waals surface area contributed by atoms with Gasteiger partial charge in [0.25, 0.3) is 0 Å². The Hall–Kier alpha value is -0.730. The predicted octanol–water partition coefficient (Wildman–Crippen LogP) is 4.18. The molecule has 1 aromatic carbocycles. The minimum absolute atomic E-state index is 0.211. The number of piperidine rings is 1. The molecular formula is C15H19Cl2NO. The van der Waals surface area contributed by atoms with E-state index in [-0.39, 0.29) is 5.91 Å². The van der Waals surface area contributed by atoms with Crippen LogP contribution < -0.4 is 0 Å². The van der Waals surface area contributed by atoms with Crippen LogP contribution in [0.15, 0.2) is 18.2 Å². The van der Waals surface area contributed by atoms with Crippen LogP contribution in [0.1, 0.15) is 31.7 Å². The SMILES string of the molecule is CC1CCN(C(=O)CCc2c(Cl)cccc2Cl)CC1. The topological polar surface area (TPSA) is 20.3 Å². The fourth-order valence-electron chi connectivity index (χ4n) is 2.42. The molecule has 0 atom stereocenters. The van der Waals surface area contributed by atoms with Crippen LogP contribution in [-0.4, -0.2) is 23.9 Å². The fraction of sp³-hybridized carbons (Fsp3) is 0.533. The molecule has 1 amide bonds. The van der Waals surface area contributed by atoms with Crippen molar-refractivity contribution in [3.05, 3.63) is 33.8 Å². The molecule has 1 aromatic rings. The van der Waals surface area contributed by atoms with Crippen molar-refractivity contribution in [3.63, 3.8) is 0 Å². The van der Waals surface area contributed by atoms with Gasteiger partial charge < -0.3 is 4.90 Å². The number of carbonyl (C=O) groups is 1. The van der Waals surface area contributed by atoms with Gasteiger partial charge in [0.05, 0.1) is 0 Å². The van der Waals surface area contributed by atoms with Crippen LogP contribution in [0.25, 0.3) is 0 Å². The van der Waals surface area contributed by atoms with Gasteiger partial charge in [0, 0.05) is 29.6 Å². The normalized spacial score (nSPS) is 16.7. The number of carbonyl (C=O) groups excluding carboxylic acids is 1. The molecule has 19 heavy (non-hydrogen) atoms. The van der Waals surface area contributed by atoms with E-state index in [0.717, 1.165) is 37.4 Å². The summed E-state index contributed by atoms with van der Waals surface area (Å²) < 4.78 is 0. The number of rotatable bonds is 3. The average molecular weight is 300 g/mol. The summed E-state index contributed by atoms with van der Waals surface area (Å²) in [5.41, 5.74) is 0.879. The predicted molar refractivity (Wildman–Crippen MR) is 79.8 cm³/mol. The Labute approximate surface area is 124 Å². The summed E-state index contributed by atoms with van der Waals surface area (Å²) >= 11 is 12.2. The van der Waals surface area contributed by atoms with E-state index in [0.29, 0.717) is 22.9 Å². The van der Waals surface area contributed by atoms with Crippen molar-refractivity contribution < 1.29 is 4.79 Å². The van der Waals surface area contributed by atoms with E-state index in [2.05, 4.69) is 6.92 Å². The smallest absolute Gasteiger partial charge is 0.222 e. The van der Waals surface area contributed by atoms with Gasteiger partial charge in [-0.3, -0.25) is 4.79 Å². The highest BCUT2D eigenvalue weighted by molar-refractivity contribution is 6.36. The lowest BCUT2D eigenvalue weighted by atomic mass is 9.98. The lowest BCUT2D eigenvalue weighted by Gasteiger charge is -2.30. The number of nitrogens with zero attached hydrogens (tertiary/aromatic N) is 1. The Morgan fingerprint density at radius 3 is 2.42 bits per heavy atom. The number of amides is 1. The molecule has 0 spiro atoms. The second-order valence-corrected chi connectivity index (χ2v) is 6.08. The van der Waals surface area contributed by atoms with Crippen LogP contribution in [0, 0.1) is 5.92 Å². The summed E-state index contributed by atoms with van der Waals surface area (Å²) in [6.45, 7) is 4.01. The monoisotopic (exact) mass is 299 g/mol. The van der Waals surface area contributed by atoms with Gasteiger partial charge >= 0.3 is 0 Å². The summed E-state index contributed by atoms with van der Waals surface area (Å²) in [7, 11) is 0. The fourth-order valence-corrected chi connectivity index (χ4v) is 3.01. The first kappa shape index (κ1) is 14.7. The third-order valence-electron chi connectivity index (χ3n) is 3.79. The van der Waals surface area contributed by atoms with Gasteiger partial charge in [0.2, 0.25) is 5.91 Å². The molecule has 1 heterocycles. The Balaban J connectivity index is 1.90. The molecular weight excluding hydrogens is 281 g/mol. The van der Waals surface area contributed by atoms with Crippen molar-refractivity contribution in [1.82, 2.24) is 4.90 Å². The lowest BCUT2D eigenvalue weighted by molar-refractivity contribution is -0.132. The molecule has 4 heteroatoms. The molecule has 0 saturated carbocycles. The zero-order valence-corrected chi connectivity index (χ0v) is 12.7. The van der Waals surface area contributed by atoms with E-state index in [9.17, 15) is 4.79 Å². The molecule has 1 saturated heterocycles. The van der Waals surface area contributed by atoms with Crippen molar-refractivity contribution in [3.8, 4) is 0 Å². The Bertz CT molecular complexity index is 433. The number of halogens is 2. The molecule has 0 unspecified atom stereocenters. The molecule has 1 aliphatic heterocycles. The van der Waals surface area contributed by atoms with E-state index in [1.807, 2.05) is 23.1 Å². The Morgan fingerprint density at radius 1 is 1.26 bits per heavy atom. The van der Waals surface area contributed by atoms with Crippen molar-refractivity contribution >= 4 is 29.1 Å². The van der Waals surface area contributed by atoms with Gasteiger partial charge in [0.15, 0.2) is 0 Å². The largest absolute Gasteiger partial charge is 0.343 e. The Morgan fingerprint density at radius 2 is 1.84 bits per heavy atom. The molecule has 0 N–H and O–H groups in total. The molecule has 2 rings (SSSR count). The first-order valence-electron chi connectivity index (χ1n) is 6.78. The highest BCUT2D eigenvalue weighted by atomic mass is 35.5. The minimum atomic E-state index is 0.211. The maximum absolute atomic E-state index is 12.1. The highest BCUT2D eigenvalue weighted by Gasteiger charge is 2.20. The Kier molecular flexibility index (Phi) is 5.12. The van der Waals surface area contributed by atoms with Crippen molar-refractivity contribution in [1.29, 1.82) is 0 Å². The molecule has 0 aromatic heterocycles. The van der Waals surface area contributed by atoms with Crippen LogP contribution >= 0.6 is 23.2 Å². The third-order valence-corrected chi connectivity index (χ3v) is 4.50. The van der Waals surface area contributed by atoms with Gasteiger partial charge in [-0.25, -0.2) is 0 Å². The van der Waals surface area contributed by atoms with Gasteiger partial charge in [-0.2, -0.15) is 0 Å². The van der Waals surface area contributed by atoms with E-state index < -0.39 is 0 Å². The summed E-state index contributed by atoms with van der Waals surface area (Å²) in [6, 6.07) is 5.45. The zero-order valence-electron chi connectivity index (χ0n) is 11.2. The van der Waals surface area contributed by atoms with E-state index in [1.165, 1.54) is 0 Å². The van der Waals surface area contributed by atoms with Crippen LogP contribution in [0.4, 0.5) is 0 Å². The van der Waals surface area contributed by atoms with Crippen molar-refractivity contribution in [2.45, 2.75) is 32.6 Å². The summed E-state index contributed by atoms with van der Waals surface area (Å²) in [5.74, 6) is 0.949. The highest BCUT2D eigenvalue weighted by Crippen LogP contribution is 2.26. The second-order valence-electron chi connectivity index (χ2n) is 5.26. The van der Waals surface area contributed by atoms with Crippen LogP contribution in [-0.2, 0) is 11.2 Å². The quantitative estimate of drug-likeness (QED) is 0.820. The van der Waals surface area contributed by atoms with Crippen LogP contribution in [0.5, 0.6) is 0 Å². The molecule has 0 radical (unpaired) electrons. The van der Waals surface area contributed by atoms with Crippen molar-refractivity contribution in [2.24, 2.45) is 5.92 Å². The number of benzene rings is 1. The third kappa shape index (κ3) is 3.87. The molecule has 104 valence electrons. The summed E-state index contributed by atoms with van der Waals surface area (Å²) in [4.78, 5) is 14.1. The average Bonchev–Trinajstić information content (AvgIpc) is 2.38. The number of hydrogen-bond donors (Lipinski definition) is 0. The lowest BCUT2D eigenvalue weighted by Crippen LogP contribution is -2.38. The first-order chi connectivity index (χ1) is 9.08. The summed E-state index contributed by atoms with van der Waals surface area (Å²) in [5, 5.41) is 1.29. The maximum atomic E-state index is 12.1. The van der Waals surface area contributed by atoms with Gasteiger partial charge in [0.1, 0.15) is 0 Å². The van der Waals surface area contributed by atoms with Gasteiger partial charge in [-0.1, -0.05) is 36.2 Å². The molecule has 2 nitrogen and oxygen atoms in total. The standard InChI is InChI=1S/C15H19Cl2NO/c1-11-7-9-18(10-8-11)15(19)6-5-12-13(16)3-2-4-14(12)17/h2-4,11H,5-10H2,1H3. The number of likely N-dealkylation sites (tertiary alicyclic amines) is 1. The molecule has 0 bridgehead atoms. The van der Waals surface area contributed by atoms with E-state index in [4.69, 9.17) is 23.2 Å². The van der Waals surface area contributed by atoms with E-state index >= 15 is 0 Å². The van der Waals surface area contributed by atoms with E-state index in [1.54, 1.807) is 0 Å². The zero-order chi connectivity index (χ0) is 13.8. The van der Waals surface area contributed by atoms with Crippen LogP contribution in [0.2, 0.25) is 10.0 Å². The molecule has 1 aliphatic rings. The minimum Gasteiger partial charge on any atom is -0.343 e. The maximum Gasteiger partial charge on any atom is 0.222 e. The van der Waals surface area contributed by atoms with Gasteiger partial charge in [-0.15, -0.1) is 0 Å². The van der Waals surface area contributed by atoms with Crippen molar-refractivity contribution in [2.75, 3.05) is 13.1 Å². The first-order valence-corrected chi connectivity index (χ1v) is 7.54. The second kappa shape index (κ2) is 6.62. The van der Waals surface area contributed by atoms with Gasteiger partial charge in [-0.05, 0) is 42.9 Å². The molecule has 1 fully saturated rings. The van der Waals surface area contributed by atoms with Crippen LogP contribution in [0.3, 0.4) is 0 Å². The number of hydrogen-bond acceptors (Lipinski definition) is 1.